The van der Waals surface area contributed by atoms with Crippen LogP contribution < -0.4 is 81.4 Å². The number of aliphatic imine (C=N–C) groups is 1. The molecule has 1 aromatic heterocycles. The molecule has 1 heterocycles. The number of carbonyl (C=O) groups is 13. The van der Waals surface area contributed by atoms with Gasteiger partial charge in [-0.15, -0.1) is 0 Å². The van der Waals surface area contributed by atoms with E-state index in [-0.39, 0.29) is 94.2 Å². The van der Waals surface area contributed by atoms with Gasteiger partial charge in [0.05, 0.1) is 32.0 Å². The first-order chi connectivity index (χ1) is 50.4. The number of rotatable bonds is 47. The molecule has 0 bridgehead atoms. The van der Waals surface area contributed by atoms with E-state index in [0.29, 0.717) is 29.5 Å². The zero-order valence-corrected chi connectivity index (χ0v) is 59.9. The lowest BCUT2D eigenvalue weighted by molar-refractivity contribution is -0.143. The van der Waals surface area contributed by atoms with Gasteiger partial charge in [-0.05, 0) is 92.7 Å². The summed E-state index contributed by atoms with van der Waals surface area (Å²) in [5.74, 6) is -14.6. The number of guanidine groups is 1. The standard InChI is InChI=1S/C70H102N18O18/c1-6-39(4)57(68(104)85-52(30-42-18-11-8-12-19-42)64(100)87-55(36-90)69(105)106)88-66(102)49(28-38(2)3)81-58(94)40(5)78-60(96)48(21-15-27-76-70(73)74)79-61(97)47(20-13-14-26-71)80-67(103)54(35-89)86-65(101)53(32-44-34-75-37-77-44)84-63(99)51(31-43-22-24-45(91)25-23-43)83-62(98)50(29-41-16-9-7-10-17-41)82-59(95)46(72)33-56(92)93/h7-12,16-19,22-25,34,37-40,46-55,57,89-91H,6,13-15,20-21,26-33,35-36,71-72H2,1-5H3,(H,75,77)(H,78,96)(H,79,97)(H,80,103)(H,81,94)(H,82,95)(H,83,98)(H,84,99)(H,85,104)(H,86,101)(H,87,100)(H,88,102)(H,92,93)(H,105,106)(H4,73,74,76)/t39-,40-,46-,47-,48-,49-,50-,51-,52-,53-,54-,55-,57-/m0/s1. The number of phenolic OH excluding ortho intramolecular Hbond substituents is 1. The van der Waals surface area contributed by atoms with Crippen LogP contribution in [0.4, 0.5) is 0 Å². The highest BCUT2D eigenvalue weighted by Crippen LogP contribution is 2.17. The Bertz CT molecular complexity index is 3570. The highest BCUT2D eigenvalue weighted by Gasteiger charge is 2.38. The van der Waals surface area contributed by atoms with Crippen LogP contribution in [0.25, 0.3) is 0 Å². The number of nitrogens with one attached hydrogen (secondary N) is 12. The van der Waals surface area contributed by atoms with Gasteiger partial charge in [-0.25, -0.2) is 9.78 Å². The lowest BCUT2D eigenvalue weighted by atomic mass is 9.95. The molecule has 0 aliphatic carbocycles. The predicted octanol–water partition coefficient (Wildman–Crippen LogP) is -4.12. The maximum Gasteiger partial charge on any atom is 0.328 e. The Hall–Kier alpha value is -11.1. The zero-order valence-electron chi connectivity index (χ0n) is 59.9. The highest BCUT2D eigenvalue weighted by molar-refractivity contribution is 6.00. The first-order valence-corrected chi connectivity index (χ1v) is 34.7. The number of carbonyl (C=O) groups excluding carboxylic acids is 11. The Morgan fingerprint density at radius 1 is 0.491 bits per heavy atom. The topological polar surface area (TPSA) is 601 Å². The zero-order chi connectivity index (χ0) is 78.6. The molecule has 0 aliphatic rings. The summed E-state index contributed by atoms with van der Waals surface area (Å²) >= 11 is 0. The quantitative estimate of drug-likeness (QED) is 0.0114. The van der Waals surface area contributed by atoms with Crippen LogP contribution in [0.1, 0.15) is 108 Å². The Morgan fingerprint density at radius 3 is 1.38 bits per heavy atom. The second-order valence-corrected chi connectivity index (χ2v) is 26.0. The van der Waals surface area contributed by atoms with Crippen LogP contribution in [0.3, 0.4) is 0 Å². The largest absolute Gasteiger partial charge is 0.508 e. The van der Waals surface area contributed by atoms with Gasteiger partial charge in [0.2, 0.25) is 65.0 Å². The molecular formula is C70H102N18O18. The molecule has 36 heteroatoms. The number of hydrogen-bond donors (Lipinski definition) is 21. The van der Waals surface area contributed by atoms with Gasteiger partial charge in [-0.3, -0.25) is 62.5 Å². The molecule has 36 nitrogen and oxygen atoms in total. The van der Waals surface area contributed by atoms with Gasteiger partial charge in [0.1, 0.15) is 72.2 Å². The van der Waals surface area contributed by atoms with E-state index in [1.807, 2.05) is 0 Å². The minimum Gasteiger partial charge on any atom is -0.508 e. The fourth-order valence-electron chi connectivity index (χ4n) is 10.7. The number of aromatic nitrogens is 2. The molecule has 13 atom stereocenters. The summed E-state index contributed by atoms with van der Waals surface area (Å²) in [5.41, 5.74) is 24.6. The van der Waals surface area contributed by atoms with Crippen molar-refractivity contribution in [3.63, 3.8) is 0 Å². The summed E-state index contributed by atoms with van der Waals surface area (Å²) in [5, 5.41) is 77.3. The molecule has 0 radical (unpaired) electrons. The van der Waals surface area contributed by atoms with E-state index in [0.717, 1.165) is 0 Å². The van der Waals surface area contributed by atoms with Crippen molar-refractivity contribution in [2.24, 2.45) is 39.8 Å². The molecule has 106 heavy (non-hydrogen) atoms. The van der Waals surface area contributed by atoms with Gasteiger partial charge in [0.25, 0.3) is 0 Å². The number of unbranched alkanes of at least 4 members (excludes halogenated alkanes) is 1. The van der Waals surface area contributed by atoms with Crippen LogP contribution >= 0.6 is 0 Å². The summed E-state index contributed by atoms with van der Waals surface area (Å²) < 4.78 is 0. The smallest absolute Gasteiger partial charge is 0.328 e. The molecule has 25 N–H and O–H groups in total. The fourth-order valence-corrected chi connectivity index (χ4v) is 10.7. The SMILES string of the molecule is CC[C@H](C)[C@H](NC(=O)[C@H](CC(C)C)NC(=O)[C@H](C)NC(=O)[C@H](CCCN=C(N)N)NC(=O)[C@H](CCCCN)NC(=O)[C@H](CO)NC(=O)[C@H](Cc1cnc[nH]1)NC(=O)[C@H](Cc1ccc(O)cc1)NC(=O)[C@H](Cc1ccccc1)NC(=O)[C@@H](N)CC(=O)O)C(=O)N[C@@H](Cc1ccccc1)C(=O)N[C@@H](CO)C(=O)O. The number of aromatic hydroxyl groups is 1. The van der Waals surface area contributed by atoms with Crippen molar-refractivity contribution >= 4 is 82.9 Å². The summed E-state index contributed by atoms with van der Waals surface area (Å²) in [6.07, 6.45) is 1.57. The maximum absolute atomic E-state index is 14.6. The van der Waals surface area contributed by atoms with Crippen LogP contribution in [-0.4, -0.2) is 217 Å². The van der Waals surface area contributed by atoms with E-state index in [9.17, 15) is 87.9 Å². The number of benzene rings is 3. The summed E-state index contributed by atoms with van der Waals surface area (Å²) in [6.45, 7) is 6.30. The molecule has 0 unspecified atom stereocenters. The molecule has 0 saturated heterocycles. The van der Waals surface area contributed by atoms with Crippen LogP contribution in [-0.2, 0) is 88.0 Å². The van der Waals surface area contributed by atoms with E-state index in [2.05, 4.69) is 73.4 Å². The number of amides is 11. The lowest BCUT2D eigenvalue weighted by Gasteiger charge is -2.29. The number of aliphatic carboxylic acids is 2. The number of phenols is 1. The van der Waals surface area contributed by atoms with E-state index >= 15 is 0 Å². The minimum atomic E-state index is -1.85. The molecule has 0 saturated carbocycles. The minimum absolute atomic E-state index is 0.0109. The van der Waals surface area contributed by atoms with Crippen molar-refractivity contribution in [2.45, 2.75) is 184 Å². The molecule has 3 aromatic carbocycles. The third-order valence-electron chi connectivity index (χ3n) is 16.8. The fraction of sp³-hybridized carbons (Fsp3) is 0.500. The number of aromatic amines is 1. The number of carboxylic acid groups (broad SMARTS) is 2. The number of imidazole rings is 1. The third-order valence-corrected chi connectivity index (χ3v) is 16.8. The number of carboxylic acids is 2. The van der Waals surface area contributed by atoms with Crippen molar-refractivity contribution in [3.05, 3.63) is 120 Å². The number of H-pyrrole nitrogens is 1. The van der Waals surface area contributed by atoms with Crippen molar-refractivity contribution in [1.82, 2.24) is 68.5 Å². The molecule has 580 valence electrons. The second-order valence-electron chi connectivity index (χ2n) is 26.0. The Kier molecular flexibility index (Phi) is 37.2. The Labute approximate surface area is 612 Å². The Morgan fingerprint density at radius 2 is 0.915 bits per heavy atom. The van der Waals surface area contributed by atoms with E-state index in [4.69, 9.17) is 22.9 Å². The lowest BCUT2D eigenvalue weighted by Crippen LogP contribution is -2.61. The first-order valence-electron chi connectivity index (χ1n) is 34.7. The molecule has 0 fully saturated rings. The van der Waals surface area contributed by atoms with Gasteiger partial charge in [-0.2, -0.15) is 0 Å². The van der Waals surface area contributed by atoms with E-state index < -0.39 is 175 Å². The number of aliphatic hydroxyl groups excluding tert-OH is 2. The predicted molar refractivity (Wildman–Crippen MR) is 385 cm³/mol. The Balaban J connectivity index is 1.58. The number of nitrogens with zero attached hydrogens (tertiary/aromatic N) is 2. The molecule has 4 rings (SSSR count). The monoisotopic (exact) mass is 1480 g/mol. The van der Waals surface area contributed by atoms with Crippen molar-refractivity contribution in [2.75, 3.05) is 26.3 Å². The van der Waals surface area contributed by atoms with Gasteiger partial charge >= 0.3 is 11.9 Å². The number of hydrogen-bond acceptors (Lipinski definition) is 20. The van der Waals surface area contributed by atoms with Gasteiger partial charge in [0, 0.05) is 44.1 Å². The average molecular weight is 1480 g/mol. The molecule has 0 spiro atoms. The number of nitrogens with two attached hydrogens (primary N) is 4. The second kappa shape index (κ2) is 45.2. The molecular weight excluding hydrogens is 1380 g/mol. The molecule has 0 aliphatic heterocycles. The van der Waals surface area contributed by atoms with E-state index in [1.165, 1.54) is 43.7 Å². The normalized spacial score (nSPS) is 14.8. The molecule has 11 amide bonds. The van der Waals surface area contributed by atoms with Gasteiger partial charge in [0.15, 0.2) is 5.96 Å². The van der Waals surface area contributed by atoms with Crippen molar-refractivity contribution in [1.29, 1.82) is 0 Å². The van der Waals surface area contributed by atoms with Crippen LogP contribution in [0, 0.1) is 11.8 Å². The average Bonchev–Trinajstić information content (AvgIpc) is 1.40. The van der Waals surface area contributed by atoms with Gasteiger partial charge in [-0.1, -0.05) is 107 Å². The van der Waals surface area contributed by atoms with Gasteiger partial charge < -0.3 is 112 Å². The van der Waals surface area contributed by atoms with Crippen LogP contribution in [0.5, 0.6) is 5.75 Å². The van der Waals surface area contributed by atoms with Crippen molar-refractivity contribution in [3.8, 4) is 5.75 Å². The van der Waals surface area contributed by atoms with Crippen molar-refractivity contribution < 1.29 is 87.9 Å². The van der Waals surface area contributed by atoms with Crippen LogP contribution in [0.2, 0.25) is 0 Å². The van der Waals surface area contributed by atoms with E-state index in [1.54, 1.807) is 88.4 Å². The first kappa shape index (κ1) is 87.3. The number of aliphatic hydroxyl groups is 2. The maximum atomic E-state index is 14.6. The third kappa shape index (κ3) is 30.7. The summed E-state index contributed by atoms with van der Waals surface area (Å²) in [6, 6.07) is 4.17. The summed E-state index contributed by atoms with van der Waals surface area (Å²) in [7, 11) is 0. The highest BCUT2D eigenvalue weighted by atomic mass is 16.4. The summed E-state index contributed by atoms with van der Waals surface area (Å²) in [4.78, 5) is 190. The van der Waals surface area contributed by atoms with Crippen LogP contribution in [0.15, 0.2) is 102 Å². The molecule has 4 aromatic rings.